The molecule has 1 aromatic heterocycles. The molecular weight excluding hydrogens is 328 g/mol. The van der Waals surface area contributed by atoms with Crippen LogP contribution < -0.4 is 4.90 Å². The van der Waals surface area contributed by atoms with Gasteiger partial charge < -0.3 is 14.5 Å². The average molecular weight is 352 g/mol. The second kappa shape index (κ2) is 7.03. The van der Waals surface area contributed by atoms with Gasteiger partial charge in [0.05, 0.1) is 18.8 Å². The number of fused-ring (bicyclic) bond motifs is 1. The third-order valence-corrected chi connectivity index (χ3v) is 5.12. The zero-order valence-corrected chi connectivity index (χ0v) is 15.3. The van der Waals surface area contributed by atoms with E-state index in [9.17, 15) is 4.79 Å². The van der Waals surface area contributed by atoms with Crippen LogP contribution in [0, 0.1) is 0 Å². The molecule has 2 aliphatic rings. The first-order valence-corrected chi connectivity index (χ1v) is 9.15. The molecule has 1 amide bonds. The van der Waals surface area contributed by atoms with Crippen molar-refractivity contribution in [3.05, 3.63) is 52.8 Å². The largest absolute Gasteiger partial charge is 0.368 e. The van der Waals surface area contributed by atoms with Crippen LogP contribution in [0.25, 0.3) is 0 Å². The molecule has 0 saturated carbocycles. The lowest BCUT2D eigenvalue weighted by atomic mass is 10.0. The van der Waals surface area contributed by atoms with Crippen molar-refractivity contribution in [1.29, 1.82) is 0 Å². The monoisotopic (exact) mass is 352 g/mol. The fourth-order valence-corrected chi connectivity index (χ4v) is 3.76. The Morgan fingerprint density at radius 3 is 3.00 bits per heavy atom. The van der Waals surface area contributed by atoms with E-state index < -0.39 is 0 Å². The lowest BCUT2D eigenvalue weighted by molar-refractivity contribution is -0.0247. The van der Waals surface area contributed by atoms with Gasteiger partial charge in [0.25, 0.3) is 5.91 Å². The minimum absolute atomic E-state index is 0.110. The Labute approximate surface area is 153 Å². The highest BCUT2D eigenvalue weighted by atomic mass is 16.5. The number of rotatable bonds is 3. The number of hydrogen-bond donors (Lipinski definition) is 0. The molecule has 136 valence electrons. The van der Waals surface area contributed by atoms with E-state index in [4.69, 9.17) is 4.74 Å². The molecule has 0 N–H and O–H groups in total. The summed E-state index contributed by atoms with van der Waals surface area (Å²) in [4.78, 5) is 25.7. The van der Waals surface area contributed by atoms with Gasteiger partial charge in [-0.1, -0.05) is 12.1 Å². The molecule has 1 aliphatic heterocycles. The molecule has 4 rings (SSSR count). The van der Waals surface area contributed by atoms with Crippen molar-refractivity contribution in [3.63, 3.8) is 0 Å². The minimum Gasteiger partial charge on any atom is -0.368 e. The van der Waals surface area contributed by atoms with Crippen LogP contribution in [0.15, 0.2) is 30.5 Å². The van der Waals surface area contributed by atoms with E-state index in [0.717, 1.165) is 30.5 Å². The Hall–Kier alpha value is -2.47. The summed E-state index contributed by atoms with van der Waals surface area (Å²) in [5.74, 6) is 0.759. The zero-order valence-electron chi connectivity index (χ0n) is 15.3. The first-order chi connectivity index (χ1) is 12.6. The molecule has 26 heavy (non-hydrogen) atoms. The van der Waals surface area contributed by atoms with E-state index in [1.165, 1.54) is 11.1 Å². The third-order valence-electron chi connectivity index (χ3n) is 5.12. The quantitative estimate of drug-likeness (QED) is 0.848. The van der Waals surface area contributed by atoms with Gasteiger partial charge in [0.2, 0.25) is 5.95 Å². The number of nitrogens with zero attached hydrogens (tertiary/aromatic N) is 4. The van der Waals surface area contributed by atoms with Crippen LogP contribution in [0.5, 0.6) is 0 Å². The molecule has 0 radical (unpaired) electrons. The molecular formula is C20H24N4O2. The zero-order chi connectivity index (χ0) is 18.1. The summed E-state index contributed by atoms with van der Waals surface area (Å²) in [7, 11) is 3.82. The number of amides is 1. The van der Waals surface area contributed by atoms with Crippen LogP contribution in [-0.4, -0.2) is 54.6 Å². The molecule has 1 aliphatic carbocycles. The highest BCUT2D eigenvalue weighted by Crippen LogP contribution is 2.28. The van der Waals surface area contributed by atoms with Crippen molar-refractivity contribution in [2.45, 2.75) is 25.4 Å². The van der Waals surface area contributed by atoms with Gasteiger partial charge in [-0.25, -0.2) is 9.97 Å². The molecule has 0 spiro atoms. The maximum atomic E-state index is 13.1. The number of aryl methyl sites for hydroxylation is 1. The summed E-state index contributed by atoms with van der Waals surface area (Å²) in [6.45, 7) is 1.66. The number of carbonyl (C=O) groups excluding carboxylic acids is 1. The molecule has 0 bridgehead atoms. The highest BCUT2D eigenvalue weighted by molar-refractivity contribution is 5.96. The first-order valence-electron chi connectivity index (χ1n) is 9.15. The summed E-state index contributed by atoms with van der Waals surface area (Å²) in [5, 5.41) is 0. The molecule has 0 unspecified atom stereocenters. The average Bonchev–Trinajstić information content (AvgIpc) is 3.16. The predicted octanol–water partition coefficient (Wildman–Crippen LogP) is 2.25. The Balaban J connectivity index is 1.55. The number of anilines is 1. The van der Waals surface area contributed by atoms with Crippen LogP contribution in [-0.2, 0) is 17.6 Å². The van der Waals surface area contributed by atoms with E-state index in [1.807, 2.05) is 42.1 Å². The topological polar surface area (TPSA) is 58.6 Å². The van der Waals surface area contributed by atoms with Crippen LogP contribution in [0.1, 0.15) is 39.7 Å². The number of ether oxygens (including phenoxy) is 1. The van der Waals surface area contributed by atoms with Gasteiger partial charge in [-0.3, -0.25) is 4.79 Å². The second-order valence-corrected chi connectivity index (χ2v) is 7.08. The molecule has 1 fully saturated rings. The Bertz CT molecular complexity index is 821. The lowest BCUT2D eigenvalue weighted by Gasteiger charge is -2.33. The maximum Gasteiger partial charge on any atom is 0.254 e. The molecule has 6 heteroatoms. The van der Waals surface area contributed by atoms with Crippen LogP contribution >= 0.6 is 0 Å². The van der Waals surface area contributed by atoms with Crippen molar-refractivity contribution < 1.29 is 9.53 Å². The van der Waals surface area contributed by atoms with Crippen LogP contribution in [0.2, 0.25) is 0 Å². The number of carbonyl (C=O) groups is 1. The molecule has 2 heterocycles. The Morgan fingerprint density at radius 2 is 2.15 bits per heavy atom. The smallest absolute Gasteiger partial charge is 0.254 e. The van der Waals surface area contributed by atoms with Gasteiger partial charge in [0.1, 0.15) is 6.10 Å². The van der Waals surface area contributed by atoms with Gasteiger partial charge in [-0.2, -0.15) is 0 Å². The van der Waals surface area contributed by atoms with Crippen molar-refractivity contribution >= 4 is 11.9 Å². The highest BCUT2D eigenvalue weighted by Gasteiger charge is 2.29. The van der Waals surface area contributed by atoms with Gasteiger partial charge in [0, 0.05) is 32.4 Å². The fourth-order valence-electron chi connectivity index (χ4n) is 3.76. The standard InChI is InChI=1S/C20H24N4O2/c1-23(2)20-21-10-9-17(22-20)18-13-24(11-12-26-18)19(25)16-8-4-6-14-5-3-7-15(14)16/h4,6,8-10,18H,3,5,7,11-13H2,1-2H3/t18-/m0/s1. The summed E-state index contributed by atoms with van der Waals surface area (Å²) < 4.78 is 5.90. The van der Waals surface area contributed by atoms with Crippen LogP contribution in [0.4, 0.5) is 5.95 Å². The van der Waals surface area contributed by atoms with E-state index in [2.05, 4.69) is 16.0 Å². The fraction of sp³-hybridized carbons (Fsp3) is 0.450. The summed E-state index contributed by atoms with van der Waals surface area (Å²) in [5.41, 5.74) is 4.24. The molecule has 1 atom stereocenters. The second-order valence-electron chi connectivity index (χ2n) is 7.08. The van der Waals surface area contributed by atoms with Crippen LogP contribution in [0.3, 0.4) is 0 Å². The number of morpholine rings is 1. The molecule has 2 aromatic rings. The third kappa shape index (κ3) is 3.17. The molecule has 1 saturated heterocycles. The minimum atomic E-state index is -0.217. The number of benzene rings is 1. The van der Waals surface area contributed by atoms with Crippen molar-refractivity contribution in [2.75, 3.05) is 38.7 Å². The lowest BCUT2D eigenvalue weighted by Crippen LogP contribution is -2.42. The van der Waals surface area contributed by atoms with Gasteiger partial charge in [-0.05, 0) is 42.5 Å². The van der Waals surface area contributed by atoms with E-state index in [-0.39, 0.29) is 12.0 Å². The molecule has 1 aromatic carbocycles. The molecule has 6 nitrogen and oxygen atoms in total. The predicted molar refractivity (Wildman–Crippen MR) is 99.4 cm³/mol. The SMILES string of the molecule is CN(C)c1nccc([C@@H]2CN(C(=O)c3cccc4c3CCC4)CCO2)n1. The summed E-state index contributed by atoms with van der Waals surface area (Å²) >= 11 is 0. The van der Waals surface area contributed by atoms with Gasteiger partial charge in [-0.15, -0.1) is 0 Å². The number of aromatic nitrogens is 2. The van der Waals surface area contributed by atoms with E-state index in [0.29, 0.717) is 25.6 Å². The first kappa shape index (κ1) is 17.0. The number of hydrogen-bond acceptors (Lipinski definition) is 5. The normalized spacial score (nSPS) is 19.3. The van der Waals surface area contributed by atoms with Crippen molar-refractivity contribution in [2.24, 2.45) is 0 Å². The Morgan fingerprint density at radius 1 is 1.27 bits per heavy atom. The summed E-state index contributed by atoms with van der Waals surface area (Å²) in [6, 6.07) is 7.98. The van der Waals surface area contributed by atoms with E-state index in [1.54, 1.807) is 6.20 Å². The maximum absolute atomic E-state index is 13.1. The van der Waals surface area contributed by atoms with E-state index >= 15 is 0 Å². The van der Waals surface area contributed by atoms with Crippen molar-refractivity contribution in [3.8, 4) is 0 Å². The van der Waals surface area contributed by atoms with Crippen molar-refractivity contribution in [1.82, 2.24) is 14.9 Å². The van der Waals surface area contributed by atoms with Gasteiger partial charge in [0.15, 0.2) is 0 Å². The Kier molecular flexibility index (Phi) is 4.59. The van der Waals surface area contributed by atoms with Gasteiger partial charge >= 0.3 is 0 Å². The summed E-state index contributed by atoms with van der Waals surface area (Å²) in [6.07, 6.45) is 4.75.